The number of halogens is 2. The first-order valence-corrected chi connectivity index (χ1v) is 17.7. The topological polar surface area (TPSA) is 121 Å². The Morgan fingerprint density at radius 1 is 1.06 bits per heavy atom. The molecule has 1 heterocycles. The lowest BCUT2D eigenvalue weighted by atomic mass is 9.43. The fourth-order valence-corrected chi connectivity index (χ4v) is 11.6. The first-order valence-electron chi connectivity index (χ1n) is 16.3. The van der Waals surface area contributed by atoms with Gasteiger partial charge in [-0.3, -0.25) is 14.5 Å². The van der Waals surface area contributed by atoms with Crippen molar-refractivity contribution < 1.29 is 38.2 Å². The summed E-state index contributed by atoms with van der Waals surface area (Å²) < 4.78 is 46.3. The molecule has 4 fully saturated rings. The average Bonchev–Trinajstić information content (AvgIpc) is 3.52. The van der Waals surface area contributed by atoms with Crippen molar-refractivity contribution in [2.45, 2.75) is 68.2 Å². The summed E-state index contributed by atoms with van der Waals surface area (Å²) in [6.45, 7) is 4.27. The van der Waals surface area contributed by atoms with Crippen LogP contribution < -0.4 is 0 Å². The minimum atomic E-state index is -2.21. The van der Waals surface area contributed by atoms with Crippen molar-refractivity contribution in [2.24, 2.45) is 34.0 Å². The lowest BCUT2D eigenvalue weighted by Gasteiger charge is -2.63. The van der Waals surface area contributed by atoms with Crippen LogP contribution in [0.3, 0.4) is 0 Å². The number of allylic oxidation sites excluding steroid dienone is 4. The first-order chi connectivity index (χ1) is 22.3. The number of fused-ring (bicyclic) bond motifs is 7. The lowest BCUT2D eigenvalue weighted by Crippen LogP contribution is -2.69. The number of nitrogens with zero attached hydrogens (tertiary/aromatic N) is 1. The average molecular weight is 666 g/mol. The van der Waals surface area contributed by atoms with Crippen LogP contribution in [0.4, 0.5) is 8.78 Å². The highest BCUT2D eigenvalue weighted by Gasteiger charge is 2.78. The number of aliphatic hydroxyl groups excluding tert-OH is 2. The van der Waals surface area contributed by atoms with Crippen LogP contribution in [0.25, 0.3) is 0 Å². The predicted molar refractivity (Wildman–Crippen MR) is 172 cm³/mol. The van der Waals surface area contributed by atoms with E-state index < -0.39 is 63.8 Å². The van der Waals surface area contributed by atoms with Crippen molar-refractivity contribution in [3.8, 4) is 5.75 Å². The fraction of sp³-hybridized carbons (Fsp3) is 0.514. The van der Waals surface area contributed by atoms with Gasteiger partial charge < -0.3 is 19.9 Å². The fourth-order valence-electron chi connectivity index (χ4n) is 10.5. The SMILES string of the molecule is C[C@]12C=CC(=O)C=C1[C@@H](F)C[C@H]1[C@@H]3C[C@H]4CN(Cc5ccc(C[S+]([O-])c6ccc(O)cc6)cc5)C[C@@]4(C(=O)CO)[C@@]3(C)C[C@H](O)[C@@]12F. The Morgan fingerprint density at radius 2 is 1.74 bits per heavy atom. The van der Waals surface area contributed by atoms with Crippen LogP contribution in [0.15, 0.2) is 77.2 Å². The zero-order chi connectivity index (χ0) is 33.5. The second-order valence-corrected chi connectivity index (χ2v) is 16.3. The monoisotopic (exact) mass is 665 g/mol. The number of carbonyl (C=O) groups is 2. The van der Waals surface area contributed by atoms with Crippen molar-refractivity contribution in [2.75, 3.05) is 19.7 Å². The summed E-state index contributed by atoms with van der Waals surface area (Å²) in [5.74, 6) is -1.73. The van der Waals surface area contributed by atoms with E-state index in [-0.39, 0.29) is 41.6 Å². The number of hydrogen-bond acceptors (Lipinski definition) is 7. The van der Waals surface area contributed by atoms with E-state index in [1.54, 1.807) is 19.1 Å². The molecule has 10 heteroatoms. The van der Waals surface area contributed by atoms with Crippen LogP contribution in [0.1, 0.15) is 44.2 Å². The molecule has 47 heavy (non-hydrogen) atoms. The second kappa shape index (κ2) is 11.3. The number of hydrogen-bond donors (Lipinski definition) is 3. The third-order valence-corrected chi connectivity index (χ3v) is 14.1. The van der Waals surface area contributed by atoms with E-state index in [0.717, 1.165) is 11.1 Å². The number of aromatic hydroxyl groups is 1. The molecule has 1 aliphatic heterocycles. The van der Waals surface area contributed by atoms with Gasteiger partial charge in [-0.2, -0.15) is 0 Å². The third kappa shape index (κ3) is 4.65. The predicted octanol–water partition coefficient (Wildman–Crippen LogP) is 4.61. The summed E-state index contributed by atoms with van der Waals surface area (Å²) in [6.07, 6.45) is 1.15. The van der Waals surface area contributed by atoms with Gasteiger partial charge >= 0.3 is 0 Å². The van der Waals surface area contributed by atoms with Gasteiger partial charge in [0.05, 0.1) is 11.5 Å². The second-order valence-electron chi connectivity index (χ2n) is 14.8. The maximum atomic E-state index is 17.6. The molecule has 1 unspecified atom stereocenters. The van der Waals surface area contributed by atoms with Crippen LogP contribution in [-0.2, 0) is 33.1 Å². The normalized spacial score (nSPS) is 39.9. The number of Topliss-reactive ketones (excluding diaryl/α,β-unsaturated/α-hetero) is 1. The summed E-state index contributed by atoms with van der Waals surface area (Å²) in [5, 5.41) is 31.5. The summed E-state index contributed by atoms with van der Waals surface area (Å²) in [4.78, 5) is 28.8. The Labute approximate surface area is 276 Å². The third-order valence-electron chi connectivity index (χ3n) is 12.7. The zero-order valence-electron chi connectivity index (χ0n) is 26.6. The highest BCUT2D eigenvalue weighted by atomic mass is 32.2. The van der Waals surface area contributed by atoms with E-state index in [9.17, 15) is 29.5 Å². The molecule has 2 aromatic carbocycles. The summed E-state index contributed by atoms with van der Waals surface area (Å²) in [7, 11) is 0. The lowest BCUT2D eigenvalue weighted by molar-refractivity contribution is -0.212. The molecule has 1 saturated heterocycles. The zero-order valence-corrected chi connectivity index (χ0v) is 27.4. The van der Waals surface area contributed by atoms with Crippen molar-refractivity contribution in [3.05, 3.63) is 83.5 Å². The molecular formula is C37H41F2NO6S. The van der Waals surface area contributed by atoms with Crippen molar-refractivity contribution >= 4 is 22.7 Å². The van der Waals surface area contributed by atoms with Crippen LogP contribution in [0.2, 0.25) is 0 Å². The maximum Gasteiger partial charge on any atom is 0.178 e. The number of carbonyl (C=O) groups excluding carboxylic acids is 2. The number of alkyl halides is 2. The molecule has 4 aliphatic carbocycles. The molecule has 0 amide bonds. The Balaban J connectivity index is 1.13. The number of ketones is 2. The number of benzene rings is 2. The van der Waals surface area contributed by atoms with Gasteiger partial charge in [-0.1, -0.05) is 37.3 Å². The molecule has 0 aromatic heterocycles. The van der Waals surface area contributed by atoms with Gasteiger partial charge in [-0.15, -0.1) is 0 Å². The molecule has 0 radical (unpaired) electrons. The van der Waals surface area contributed by atoms with Gasteiger partial charge in [0.15, 0.2) is 22.1 Å². The quantitative estimate of drug-likeness (QED) is 0.370. The maximum absolute atomic E-state index is 17.6. The Hall–Kier alpha value is -2.89. The number of rotatable bonds is 7. The van der Waals surface area contributed by atoms with Gasteiger partial charge in [-0.25, -0.2) is 8.78 Å². The van der Waals surface area contributed by atoms with E-state index in [1.165, 1.54) is 30.4 Å². The highest BCUT2D eigenvalue weighted by Crippen LogP contribution is 2.74. The van der Waals surface area contributed by atoms with Crippen LogP contribution in [-0.4, -0.2) is 74.0 Å². The van der Waals surface area contributed by atoms with Gasteiger partial charge in [-0.05, 0) is 102 Å². The number of phenols is 1. The number of aliphatic hydroxyl groups is 2. The Bertz CT molecular complexity index is 1650. The van der Waals surface area contributed by atoms with Crippen LogP contribution in [0, 0.1) is 34.0 Å². The van der Waals surface area contributed by atoms with E-state index in [0.29, 0.717) is 36.7 Å². The molecule has 3 saturated carbocycles. The summed E-state index contributed by atoms with van der Waals surface area (Å²) >= 11 is -1.27. The molecular weight excluding hydrogens is 624 g/mol. The smallest absolute Gasteiger partial charge is 0.178 e. The molecule has 10 atom stereocenters. The Morgan fingerprint density at radius 3 is 2.43 bits per heavy atom. The van der Waals surface area contributed by atoms with Crippen molar-refractivity contribution in [1.82, 2.24) is 4.90 Å². The van der Waals surface area contributed by atoms with Gasteiger partial charge in [0.1, 0.15) is 24.3 Å². The van der Waals surface area contributed by atoms with E-state index in [4.69, 9.17) is 0 Å². The molecule has 5 aliphatic rings. The highest BCUT2D eigenvalue weighted by molar-refractivity contribution is 7.90. The van der Waals surface area contributed by atoms with Crippen LogP contribution in [0.5, 0.6) is 5.75 Å². The van der Waals surface area contributed by atoms with Gasteiger partial charge in [0, 0.05) is 36.5 Å². The minimum absolute atomic E-state index is 0.00474. The molecule has 250 valence electrons. The Kier molecular flexibility index (Phi) is 7.88. The van der Waals surface area contributed by atoms with Gasteiger partial charge in [0.2, 0.25) is 0 Å². The largest absolute Gasteiger partial charge is 0.611 e. The number of phenolic OH excluding ortho intramolecular Hbond substituents is 1. The minimum Gasteiger partial charge on any atom is -0.611 e. The van der Waals surface area contributed by atoms with E-state index in [2.05, 4.69) is 4.90 Å². The van der Waals surface area contributed by atoms with E-state index >= 15 is 8.78 Å². The van der Waals surface area contributed by atoms with Crippen molar-refractivity contribution in [1.29, 1.82) is 0 Å². The standard InChI is InChI=1S/C37H41F2NO6S/c1-34-12-11-26(43)14-30(34)31(38)15-29-28-13-24-18-40(21-36(24,33(45)19-41)35(28,2)16-32(44)37(29,34)39)17-22-3-5-23(6-4-22)20-47(46)27-9-7-25(42)8-10-27/h3-12,14,24,28-29,31-32,41-42,44H,13,15-21H2,1-2H3/t24-,28-,29-,31-,32-,34-,35-,36+,37-,47?/m0/s1. The molecule has 7 rings (SSSR count). The molecule has 0 spiro atoms. The number of likely N-dealkylation sites (tertiary alicyclic amines) is 1. The molecule has 7 nitrogen and oxygen atoms in total. The summed E-state index contributed by atoms with van der Waals surface area (Å²) in [5.41, 5.74) is -3.62. The van der Waals surface area contributed by atoms with Gasteiger partial charge in [0.25, 0.3) is 0 Å². The molecule has 2 aromatic rings. The van der Waals surface area contributed by atoms with Crippen molar-refractivity contribution in [3.63, 3.8) is 0 Å². The molecule has 0 bridgehead atoms. The van der Waals surface area contributed by atoms with E-state index in [1.807, 2.05) is 31.2 Å². The molecule has 3 N–H and O–H groups in total. The summed E-state index contributed by atoms with van der Waals surface area (Å²) in [6, 6.07) is 14.1. The first kappa shape index (κ1) is 32.6. The van der Waals surface area contributed by atoms with Crippen LogP contribution >= 0.6 is 0 Å².